The van der Waals surface area contributed by atoms with Crippen molar-refractivity contribution < 1.29 is 9.53 Å². The van der Waals surface area contributed by atoms with E-state index in [-0.39, 0.29) is 29.6 Å². The topological polar surface area (TPSA) is 75.3 Å². The van der Waals surface area contributed by atoms with Gasteiger partial charge in [-0.3, -0.25) is 9.59 Å². The molecule has 1 N–H and O–H groups in total. The number of hydrogen-bond donors (Lipinski definition) is 1. The first kappa shape index (κ1) is 13.3. The average Bonchev–Trinajstić information content (AvgIpc) is 2.92. The molecule has 1 amide bonds. The van der Waals surface area contributed by atoms with Crippen molar-refractivity contribution in [2.24, 2.45) is 5.92 Å². The van der Waals surface area contributed by atoms with Gasteiger partial charge in [-0.05, 0) is 27.2 Å². The Balaban J connectivity index is 1.80. The Morgan fingerprint density at radius 1 is 1.40 bits per heavy atom. The Morgan fingerprint density at radius 2 is 2.15 bits per heavy atom. The molecule has 20 heavy (non-hydrogen) atoms. The first-order chi connectivity index (χ1) is 9.45. The van der Waals surface area contributed by atoms with E-state index in [9.17, 15) is 9.59 Å². The lowest BCUT2D eigenvalue weighted by Gasteiger charge is -2.21. The highest BCUT2D eigenvalue weighted by Crippen LogP contribution is 2.30. The zero-order valence-corrected chi connectivity index (χ0v) is 12.0. The molecule has 0 bridgehead atoms. The average molecular weight is 277 g/mol. The molecule has 2 aliphatic rings. The van der Waals surface area contributed by atoms with Crippen LogP contribution in [0.2, 0.25) is 0 Å². The Hall–Kier alpha value is -1.69. The summed E-state index contributed by atoms with van der Waals surface area (Å²) in [6.07, 6.45) is 0.803. The Bertz CT molecular complexity index is 610. The molecule has 3 heterocycles. The largest absolute Gasteiger partial charge is 0.375 e. The van der Waals surface area contributed by atoms with E-state index in [2.05, 4.69) is 9.97 Å². The number of aromatic nitrogens is 2. The number of ether oxygens (including phenoxy) is 1. The fourth-order valence-electron chi connectivity index (χ4n) is 3.15. The van der Waals surface area contributed by atoms with E-state index in [0.717, 1.165) is 12.1 Å². The van der Waals surface area contributed by atoms with E-state index in [4.69, 9.17) is 4.74 Å². The summed E-state index contributed by atoms with van der Waals surface area (Å²) in [6.45, 7) is 6.45. The van der Waals surface area contributed by atoms with E-state index in [0.29, 0.717) is 24.5 Å². The molecule has 3 atom stereocenters. The summed E-state index contributed by atoms with van der Waals surface area (Å²) in [7, 11) is 0. The van der Waals surface area contributed by atoms with Gasteiger partial charge in [-0.15, -0.1) is 0 Å². The van der Waals surface area contributed by atoms with Crippen LogP contribution in [0.5, 0.6) is 0 Å². The van der Waals surface area contributed by atoms with E-state index < -0.39 is 0 Å². The molecule has 1 fully saturated rings. The molecule has 3 unspecified atom stereocenters. The molecule has 1 aromatic rings. The highest BCUT2D eigenvalue weighted by atomic mass is 16.5. The maximum Gasteiger partial charge on any atom is 0.256 e. The quantitative estimate of drug-likeness (QED) is 0.821. The number of aryl methyl sites for hydroxylation is 1. The SMILES string of the molecule is Cc1nc2c(c(=O)[nH]1)CN(C(=O)C1CC(C)OC1C)C2. The van der Waals surface area contributed by atoms with Gasteiger partial charge in [-0.25, -0.2) is 4.98 Å². The summed E-state index contributed by atoms with van der Waals surface area (Å²) in [4.78, 5) is 33.2. The molecular formula is C14H19N3O3. The predicted octanol–water partition coefficient (Wildman–Crippen LogP) is 0.734. The minimum atomic E-state index is -0.133. The molecule has 0 aromatic carbocycles. The van der Waals surface area contributed by atoms with Gasteiger partial charge in [0.25, 0.3) is 5.56 Å². The number of rotatable bonds is 1. The monoisotopic (exact) mass is 277 g/mol. The third-order valence-corrected chi connectivity index (χ3v) is 4.14. The van der Waals surface area contributed by atoms with Crippen LogP contribution in [0.3, 0.4) is 0 Å². The van der Waals surface area contributed by atoms with Crippen LogP contribution in [0.1, 0.15) is 37.4 Å². The number of amides is 1. The van der Waals surface area contributed by atoms with Gasteiger partial charge < -0.3 is 14.6 Å². The molecule has 1 aromatic heterocycles. The fraction of sp³-hybridized carbons (Fsp3) is 0.643. The minimum Gasteiger partial charge on any atom is -0.375 e. The standard InChI is InChI=1S/C14H19N3O3/c1-7-4-10(8(2)20-7)14(19)17-5-11-12(6-17)15-9(3)16-13(11)18/h7-8,10H,4-6H2,1-3H3,(H,15,16,18). The number of hydrogen-bond acceptors (Lipinski definition) is 4. The molecule has 6 heteroatoms. The van der Waals surface area contributed by atoms with Crippen molar-refractivity contribution in [2.75, 3.05) is 0 Å². The molecule has 2 aliphatic heterocycles. The number of carbonyl (C=O) groups is 1. The van der Waals surface area contributed by atoms with E-state index in [1.54, 1.807) is 11.8 Å². The molecule has 6 nitrogen and oxygen atoms in total. The minimum absolute atomic E-state index is 0.0609. The van der Waals surface area contributed by atoms with Gasteiger partial charge in [0.05, 0.1) is 42.5 Å². The van der Waals surface area contributed by atoms with Gasteiger partial charge in [0.1, 0.15) is 5.82 Å². The first-order valence-corrected chi connectivity index (χ1v) is 6.98. The van der Waals surface area contributed by atoms with Crippen LogP contribution in [0, 0.1) is 12.8 Å². The molecular weight excluding hydrogens is 258 g/mol. The van der Waals surface area contributed by atoms with Crippen LogP contribution in [0.25, 0.3) is 0 Å². The van der Waals surface area contributed by atoms with Crippen LogP contribution in [-0.2, 0) is 22.6 Å². The van der Waals surface area contributed by atoms with Gasteiger partial charge in [-0.1, -0.05) is 0 Å². The Kier molecular flexibility index (Phi) is 3.12. The van der Waals surface area contributed by atoms with Crippen LogP contribution in [-0.4, -0.2) is 33.0 Å². The lowest BCUT2D eigenvalue weighted by Crippen LogP contribution is -2.35. The summed E-state index contributed by atoms with van der Waals surface area (Å²) >= 11 is 0. The van der Waals surface area contributed by atoms with Crippen LogP contribution >= 0.6 is 0 Å². The van der Waals surface area contributed by atoms with Crippen molar-refractivity contribution in [3.8, 4) is 0 Å². The van der Waals surface area contributed by atoms with Gasteiger partial charge in [0, 0.05) is 0 Å². The van der Waals surface area contributed by atoms with Gasteiger partial charge in [0.15, 0.2) is 0 Å². The molecule has 108 valence electrons. The Morgan fingerprint density at radius 3 is 2.80 bits per heavy atom. The number of nitrogens with one attached hydrogen (secondary N) is 1. The number of carbonyl (C=O) groups excluding carboxylic acids is 1. The second-order valence-corrected chi connectivity index (χ2v) is 5.76. The highest BCUT2D eigenvalue weighted by molar-refractivity contribution is 5.80. The molecule has 0 radical (unpaired) electrons. The zero-order chi connectivity index (χ0) is 14.4. The van der Waals surface area contributed by atoms with Crippen molar-refractivity contribution in [3.63, 3.8) is 0 Å². The van der Waals surface area contributed by atoms with Crippen molar-refractivity contribution in [2.45, 2.75) is 52.5 Å². The maximum absolute atomic E-state index is 12.6. The lowest BCUT2D eigenvalue weighted by atomic mass is 9.99. The van der Waals surface area contributed by atoms with E-state index in [1.165, 1.54) is 0 Å². The second kappa shape index (κ2) is 4.70. The summed E-state index contributed by atoms with van der Waals surface area (Å²) in [6, 6.07) is 0. The van der Waals surface area contributed by atoms with Crippen molar-refractivity contribution in [1.82, 2.24) is 14.9 Å². The van der Waals surface area contributed by atoms with Crippen molar-refractivity contribution in [1.29, 1.82) is 0 Å². The lowest BCUT2D eigenvalue weighted by molar-refractivity contribution is -0.137. The third-order valence-electron chi connectivity index (χ3n) is 4.14. The fourth-order valence-corrected chi connectivity index (χ4v) is 3.15. The van der Waals surface area contributed by atoms with Crippen LogP contribution in [0.4, 0.5) is 0 Å². The first-order valence-electron chi connectivity index (χ1n) is 6.98. The summed E-state index contributed by atoms with van der Waals surface area (Å²) in [5.41, 5.74) is 1.20. The molecule has 1 saturated heterocycles. The highest BCUT2D eigenvalue weighted by Gasteiger charge is 2.39. The summed E-state index contributed by atoms with van der Waals surface area (Å²) in [5, 5.41) is 0. The van der Waals surface area contributed by atoms with E-state index in [1.807, 2.05) is 13.8 Å². The smallest absolute Gasteiger partial charge is 0.256 e. The van der Waals surface area contributed by atoms with Gasteiger partial charge in [-0.2, -0.15) is 0 Å². The summed E-state index contributed by atoms with van der Waals surface area (Å²) < 4.78 is 5.64. The van der Waals surface area contributed by atoms with Gasteiger partial charge >= 0.3 is 0 Å². The number of fused-ring (bicyclic) bond motifs is 1. The number of H-pyrrole nitrogens is 1. The molecule has 3 rings (SSSR count). The summed E-state index contributed by atoms with van der Waals surface area (Å²) in [5.74, 6) is 0.547. The zero-order valence-electron chi connectivity index (χ0n) is 12.0. The normalized spacial score (nSPS) is 28.8. The van der Waals surface area contributed by atoms with Crippen LogP contribution < -0.4 is 5.56 Å². The number of nitrogens with zero attached hydrogens (tertiary/aromatic N) is 2. The third kappa shape index (κ3) is 2.14. The molecule has 0 saturated carbocycles. The van der Waals surface area contributed by atoms with Crippen LogP contribution in [0.15, 0.2) is 4.79 Å². The van der Waals surface area contributed by atoms with E-state index >= 15 is 0 Å². The Labute approximate surface area is 117 Å². The van der Waals surface area contributed by atoms with Gasteiger partial charge in [0.2, 0.25) is 5.91 Å². The van der Waals surface area contributed by atoms with Crippen molar-refractivity contribution in [3.05, 3.63) is 27.4 Å². The molecule has 0 aliphatic carbocycles. The number of aromatic amines is 1. The predicted molar refractivity (Wildman–Crippen MR) is 72.0 cm³/mol. The molecule has 0 spiro atoms. The second-order valence-electron chi connectivity index (χ2n) is 5.76. The van der Waals surface area contributed by atoms with Crippen molar-refractivity contribution >= 4 is 5.91 Å². The maximum atomic E-state index is 12.6.